The van der Waals surface area contributed by atoms with E-state index in [9.17, 15) is 29.7 Å². The van der Waals surface area contributed by atoms with Crippen molar-refractivity contribution in [2.24, 2.45) is 5.73 Å². The Kier molecular flexibility index (Phi) is 5.98. The number of carboxylic acids is 1. The van der Waals surface area contributed by atoms with Crippen LogP contribution in [-0.4, -0.2) is 63.5 Å². The van der Waals surface area contributed by atoms with Crippen LogP contribution < -0.4 is 11.1 Å². The fourth-order valence-electron chi connectivity index (χ4n) is 2.54. The Hall–Kier alpha value is -3.17. The molecular formula is C18H21N3O6. The van der Waals surface area contributed by atoms with Gasteiger partial charge < -0.3 is 31.3 Å². The van der Waals surface area contributed by atoms with Gasteiger partial charge in [0.1, 0.15) is 6.04 Å². The van der Waals surface area contributed by atoms with Crippen molar-refractivity contribution in [3.05, 3.63) is 48.0 Å². The number of nitrogens with zero attached hydrogens (tertiary/aromatic N) is 1. The first-order valence-electron chi connectivity index (χ1n) is 8.07. The first-order chi connectivity index (χ1) is 12.6. The lowest BCUT2D eigenvalue weighted by atomic mass is 10.0. The molecule has 0 aliphatic carbocycles. The number of amides is 3. The fraction of sp³-hybridized carbons (Fsp3) is 0.278. The standard InChI is InChI=1S/C18H21N3O6/c1-21(10-18(26,27)16(19)24)17(25)20-14(15(22)23)9-11-6-7-12-4-2-3-5-13(12)8-11/h2-8,14,26-27H,9-10H2,1H3,(H2,19,24)(H,20,25)(H,22,23). The Morgan fingerprint density at radius 2 is 1.78 bits per heavy atom. The summed E-state index contributed by atoms with van der Waals surface area (Å²) in [5.74, 6) is -5.59. The molecule has 2 aromatic carbocycles. The third-order valence-electron chi connectivity index (χ3n) is 4.05. The average molecular weight is 375 g/mol. The zero-order valence-electron chi connectivity index (χ0n) is 14.6. The van der Waals surface area contributed by atoms with Crippen LogP contribution in [0.4, 0.5) is 4.79 Å². The zero-order chi connectivity index (χ0) is 20.2. The number of primary amides is 1. The molecule has 0 spiro atoms. The van der Waals surface area contributed by atoms with Crippen LogP contribution in [0.1, 0.15) is 5.56 Å². The lowest BCUT2D eigenvalue weighted by Gasteiger charge is -2.26. The number of fused-ring (bicyclic) bond motifs is 1. The number of carbonyl (C=O) groups excluding carboxylic acids is 2. The van der Waals surface area contributed by atoms with Crippen molar-refractivity contribution in [1.29, 1.82) is 0 Å². The third-order valence-corrected chi connectivity index (χ3v) is 4.05. The van der Waals surface area contributed by atoms with E-state index >= 15 is 0 Å². The molecule has 0 radical (unpaired) electrons. The Labute approximate surface area is 155 Å². The molecule has 0 bridgehead atoms. The van der Waals surface area contributed by atoms with Crippen molar-refractivity contribution in [1.82, 2.24) is 10.2 Å². The molecule has 6 N–H and O–H groups in total. The molecule has 0 fully saturated rings. The molecular weight excluding hydrogens is 354 g/mol. The molecule has 1 atom stereocenters. The summed E-state index contributed by atoms with van der Waals surface area (Å²) in [6, 6.07) is 10.9. The Morgan fingerprint density at radius 3 is 2.37 bits per heavy atom. The van der Waals surface area contributed by atoms with Crippen molar-refractivity contribution < 1.29 is 29.7 Å². The summed E-state index contributed by atoms with van der Waals surface area (Å²) in [5.41, 5.74) is 5.53. The summed E-state index contributed by atoms with van der Waals surface area (Å²) in [5, 5.41) is 32.5. The van der Waals surface area contributed by atoms with Gasteiger partial charge in [0.25, 0.3) is 11.7 Å². The van der Waals surface area contributed by atoms with Crippen LogP contribution in [0.15, 0.2) is 42.5 Å². The molecule has 2 aromatic rings. The largest absolute Gasteiger partial charge is 0.480 e. The summed E-state index contributed by atoms with van der Waals surface area (Å²) in [6.45, 7) is -0.809. The van der Waals surface area contributed by atoms with Gasteiger partial charge in [-0.1, -0.05) is 42.5 Å². The summed E-state index contributed by atoms with van der Waals surface area (Å²) >= 11 is 0. The molecule has 144 valence electrons. The van der Waals surface area contributed by atoms with Gasteiger partial charge in [-0.05, 0) is 16.3 Å². The van der Waals surface area contributed by atoms with Gasteiger partial charge in [0, 0.05) is 13.5 Å². The number of rotatable bonds is 7. The number of carbonyl (C=O) groups is 3. The van der Waals surface area contributed by atoms with E-state index in [4.69, 9.17) is 5.73 Å². The highest BCUT2D eigenvalue weighted by molar-refractivity contribution is 5.86. The molecule has 0 saturated carbocycles. The molecule has 9 nitrogen and oxygen atoms in total. The third kappa shape index (κ3) is 5.16. The molecule has 0 saturated heterocycles. The topological polar surface area (TPSA) is 153 Å². The van der Waals surface area contributed by atoms with Gasteiger partial charge in [-0.2, -0.15) is 0 Å². The molecule has 0 aliphatic heterocycles. The number of aliphatic hydroxyl groups is 2. The zero-order valence-corrected chi connectivity index (χ0v) is 14.6. The van der Waals surface area contributed by atoms with Gasteiger partial charge >= 0.3 is 12.0 Å². The van der Waals surface area contributed by atoms with Crippen molar-refractivity contribution in [3.63, 3.8) is 0 Å². The van der Waals surface area contributed by atoms with E-state index in [-0.39, 0.29) is 6.42 Å². The fourth-order valence-corrected chi connectivity index (χ4v) is 2.54. The highest BCUT2D eigenvalue weighted by atomic mass is 16.5. The van der Waals surface area contributed by atoms with Crippen LogP contribution in [0.3, 0.4) is 0 Å². The molecule has 0 aromatic heterocycles. The van der Waals surface area contributed by atoms with Crippen LogP contribution in [-0.2, 0) is 16.0 Å². The minimum atomic E-state index is -2.91. The van der Waals surface area contributed by atoms with Crippen LogP contribution >= 0.6 is 0 Å². The van der Waals surface area contributed by atoms with E-state index < -0.39 is 36.3 Å². The van der Waals surface area contributed by atoms with Crippen molar-refractivity contribution in [2.45, 2.75) is 18.2 Å². The van der Waals surface area contributed by atoms with E-state index in [0.29, 0.717) is 5.56 Å². The summed E-state index contributed by atoms with van der Waals surface area (Å²) in [4.78, 5) is 35.3. The molecule has 1 unspecified atom stereocenters. The normalized spacial score (nSPS) is 12.4. The van der Waals surface area contributed by atoms with Crippen molar-refractivity contribution in [3.8, 4) is 0 Å². The highest BCUT2D eigenvalue weighted by Gasteiger charge is 2.34. The van der Waals surface area contributed by atoms with E-state index in [0.717, 1.165) is 15.7 Å². The maximum atomic E-state index is 12.1. The first kappa shape index (κ1) is 20.1. The number of aliphatic carboxylic acids is 1. The number of carboxylic acid groups (broad SMARTS) is 1. The van der Waals surface area contributed by atoms with Gasteiger partial charge in [0.05, 0.1) is 6.54 Å². The Morgan fingerprint density at radius 1 is 1.15 bits per heavy atom. The summed E-state index contributed by atoms with van der Waals surface area (Å²) in [7, 11) is 1.17. The number of nitrogens with one attached hydrogen (secondary N) is 1. The monoisotopic (exact) mass is 375 g/mol. The lowest BCUT2D eigenvalue weighted by Crippen LogP contribution is -2.56. The van der Waals surface area contributed by atoms with Crippen LogP contribution in [0.25, 0.3) is 10.8 Å². The molecule has 0 heterocycles. The minimum Gasteiger partial charge on any atom is -0.480 e. The van der Waals surface area contributed by atoms with Crippen molar-refractivity contribution in [2.75, 3.05) is 13.6 Å². The number of urea groups is 1. The molecule has 27 heavy (non-hydrogen) atoms. The predicted octanol–water partition coefficient (Wildman–Crippen LogP) is -0.357. The second-order valence-corrected chi connectivity index (χ2v) is 6.26. The van der Waals surface area contributed by atoms with Crippen LogP contribution in [0.2, 0.25) is 0 Å². The number of benzene rings is 2. The highest BCUT2D eigenvalue weighted by Crippen LogP contribution is 2.17. The van der Waals surface area contributed by atoms with Gasteiger partial charge in [-0.15, -0.1) is 0 Å². The van der Waals surface area contributed by atoms with Gasteiger partial charge in [-0.3, -0.25) is 4.79 Å². The number of likely N-dealkylation sites (N-methyl/N-ethyl adjacent to an activating group) is 1. The van der Waals surface area contributed by atoms with E-state index in [1.165, 1.54) is 7.05 Å². The number of nitrogens with two attached hydrogens (primary N) is 1. The Balaban J connectivity index is 2.09. The van der Waals surface area contributed by atoms with E-state index in [2.05, 4.69) is 5.32 Å². The van der Waals surface area contributed by atoms with Crippen molar-refractivity contribution >= 4 is 28.7 Å². The Bertz CT molecular complexity index is 867. The quantitative estimate of drug-likeness (QED) is 0.417. The SMILES string of the molecule is CN(CC(O)(O)C(N)=O)C(=O)NC(Cc1ccc2ccccc2c1)C(=O)O. The maximum Gasteiger partial charge on any atom is 0.326 e. The number of hydrogen-bond acceptors (Lipinski definition) is 5. The smallest absolute Gasteiger partial charge is 0.326 e. The maximum absolute atomic E-state index is 12.1. The molecule has 2 rings (SSSR count). The van der Waals surface area contributed by atoms with Crippen LogP contribution in [0.5, 0.6) is 0 Å². The average Bonchev–Trinajstić information content (AvgIpc) is 2.60. The summed E-state index contributed by atoms with van der Waals surface area (Å²) < 4.78 is 0. The minimum absolute atomic E-state index is 0.0267. The van der Waals surface area contributed by atoms with Gasteiger partial charge in [0.2, 0.25) is 0 Å². The van der Waals surface area contributed by atoms with Crippen LogP contribution in [0, 0.1) is 0 Å². The molecule has 9 heteroatoms. The number of hydrogen-bond donors (Lipinski definition) is 5. The lowest BCUT2D eigenvalue weighted by molar-refractivity contribution is -0.184. The predicted molar refractivity (Wildman–Crippen MR) is 96.6 cm³/mol. The first-order valence-corrected chi connectivity index (χ1v) is 8.07. The molecule has 0 aliphatic rings. The van der Waals surface area contributed by atoms with Gasteiger partial charge in [-0.25, -0.2) is 9.59 Å². The van der Waals surface area contributed by atoms with Gasteiger partial charge in [0.15, 0.2) is 0 Å². The van der Waals surface area contributed by atoms with E-state index in [1.54, 1.807) is 6.07 Å². The summed E-state index contributed by atoms with van der Waals surface area (Å²) in [6.07, 6.45) is 0.0267. The molecule has 3 amide bonds. The van der Waals surface area contributed by atoms with E-state index in [1.807, 2.05) is 36.4 Å². The second kappa shape index (κ2) is 8.02. The second-order valence-electron chi connectivity index (χ2n) is 6.26.